The largest absolute Gasteiger partial charge is 0.282 e. The molecule has 0 aliphatic rings. The van der Waals surface area contributed by atoms with Gasteiger partial charge in [0.15, 0.2) is 0 Å². The number of halogens is 2. The predicted molar refractivity (Wildman–Crippen MR) is 73.5 cm³/mol. The van der Waals surface area contributed by atoms with Crippen LogP contribution in [0, 0.1) is 12.8 Å². The van der Waals surface area contributed by atoms with Gasteiger partial charge in [-0.1, -0.05) is 24.6 Å². The number of rotatable bonds is 5. The van der Waals surface area contributed by atoms with E-state index in [2.05, 4.69) is 4.72 Å². The molecule has 1 N–H and O–H groups in total. The zero-order chi connectivity index (χ0) is 13.1. The molecule has 0 heterocycles. The summed E-state index contributed by atoms with van der Waals surface area (Å²) in [6, 6.07) is 5.19. The number of hydrogen-bond donors (Lipinski definition) is 1. The Morgan fingerprint density at radius 1 is 1.41 bits per heavy atom. The Balaban J connectivity index is 2.86. The lowest BCUT2D eigenvalue weighted by molar-refractivity contribution is 0.588. The lowest BCUT2D eigenvalue weighted by Crippen LogP contribution is -2.22. The van der Waals surface area contributed by atoms with E-state index >= 15 is 0 Å². The van der Waals surface area contributed by atoms with Crippen LogP contribution < -0.4 is 4.72 Å². The Bertz CT molecular complexity index is 488. The number of aryl methyl sites for hydroxylation is 1. The van der Waals surface area contributed by atoms with Gasteiger partial charge in [0.1, 0.15) is 0 Å². The summed E-state index contributed by atoms with van der Waals surface area (Å²) >= 11 is 11.5. The zero-order valence-corrected chi connectivity index (χ0v) is 12.0. The molecule has 0 aliphatic carbocycles. The summed E-state index contributed by atoms with van der Waals surface area (Å²) in [5, 5.41) is 0.387. The van der Waals surface area contributed by atoms with E-state index in [0.717, 1.165) is 5.56 Å². The summed E-state index contributed by atoms with van der Waals surface area (Å²) < 4.78 is 26.1. The first-order valence-electron chi connectivity index (χ1n) is 5.16. The molecule has 1 atom stereocenters. The number of alkyl halides is 1. The van der Waals surface area contributed by atoms with Gasteiger partial charge in [-0.2, -0.15) is 0 Å². The van der Waals surface area contributed by atoms with Crippen molar-refractivity contribution in [2.45, 2.75) is 13.8 Å². The van der Waals surface area contributed by atoms with Gasteiger partial charge in [0.2, 0.25) is 10.0 Å². The van der Waals surface area contributed by atoms with Crippen molar-refractivity contribution in [3.05, 3.63) is 28.8 Å². The minimum absolute atomic E-state index is 0.0131. The van der Waals surface area contributed by atoms with Crippen molar-refractivity contribution in [3.63, 3.8) is 0 Å². The maximum atomic E-state index is 11.8. The molecule has 0 saturated heterocycles. The second-order valence-electron chi connectivity index (χ2n) is 4.13. The molecule has 1 aromatic rings. The fourth-order valence-electron chi connectivity index (χ4n) is 1.35. The number of anilines is 1. The van der Waals surface area contributed by atoms with Crippen LogP contribution in [0.25, 0.3) is 0 Å². The number of nitrogens with one attached hydrogen (secondary N) is 1. The molecule has 0 saturated carbocycles. The summed E-state index contributed by atoms with van der Waals surface area (Å²) in [7, 11) is -3.40. The highest BCUT2D eigenvalue weighted by Gasteiger charge is 2.16. The Hall–Kier alpha value is -0.450. The normalized spacial score (nSPS) is 13.4. The summed E-state index contributed by atoms with van der Waals surface area (Å²) in [6.07, 6.45) is 0. The standard InChI is InChI=1S/C11H15Cl2NO2S/c1-8-3-4-10(13)11(5-8)14-17(15,16)7-9(2)6-12/h3-5,9,14H,6-7H2,1-2H3. The van der Waals surface area contributed by atoms with Crippen LogP contribution in [-0.2, 0) is 10.0 Å². The van der Waals surface area contributed by atoms with Gasteiger partial charge in [-0.3, -0.25) is 4.72 Å². The van der Waals surface area contributed by atoms with Crippen molar-refractivity contribution in [2.75, 3.05) is 16.4 Å². The van der Waals surface area contributed by atoms with E-state index in [1.807, 2.05) is 13.0 Å². The SMILES string of the molecule is Cc1ccc(Cl)c(NS(=O)(=O)CC(C)CCl)c1. The first-order valence-corrected chi connectivity index (χ1v) is 7.73. The summed E-state index contributed by atoms with van der Waals surface area (Å²) in [5.41, 5.74) is 1.35. The quantitative estimate of drug-likeness (QED) is 0.848. The topological polar surface area (TPSA) is 46.2 Å². The molecule has 1 rings (SSSR count). The molecule has 1 aromatic carbocycles. The average Bonchev–Trinajstić information content (AvgIpc) is 2.22. The minimum atomic E-state index is -3.40. The Morgan fingerprint density at radius 3 is 2.65 bits per heavy atom. The van der Waals surface area contributed by atoms with Gasteiger partial charge in [-0.25, -0.2) is 8.42 Å². The lowest BCUT2D eigenvalue weighted by atomic mass is 10.2. The van der Waals surface area contributed by atoms with E-state index in [4.69, 9.17) is 23.2 Å². The van der Waals surface area contributed by atoms with E-state index in [1.165, 1.54) is 0 Å². The number of benzene rings is 1. The number of hydrogen-bond acceptors (Lipinski definition) is 2. The number of sulfonamides is 1. The summed E-state index contributed by atoms with van der Waals surface area (Å²) in [6.45, 7) is 3.65. The second kappa shape index (κ2) is 5.94. The smallest absolute Gasteiger partial charge is 0.233 e. The molecule has 6 heteroatoms. The van der Waals surface area contributed by atoms with E-state index in [-0.39, 0.29) is 11.7 Å². The lowest BCUT2D eigenvalue weighted by Gasteiger charge is -2.12. The molecule has 0 radical (unpaired) electrons. The molecular formula is C11H15Cl2NO2S. The second-order valence-corrected chi connectivity index (χ2v) is 6.61. The van der Waals surface area contributed by atoms with Crippen LogP contribution in [0.15, 0.2) is 18.2 Å². The van der Waals surface area contributed by atoms with Crippen molar-refractivity contribution in [1.82, 2.24) is 0 Å². The van der Waals surface area contributed by atoms with E-state index in [1.54, 1.807) is 19.1 Å². The predicted octanol–water partition coefficient (Wildman–Crippen LogP) is 3.27. The van der Waals surface area contributed by atoms with Gasteiger partial charge in [0.05, 0.1) is 16.5 Å². The third kappa shape index (κ3) is 4.74. The zero-order valence-electron chi connectivity index (χ0n) is 9.70. The minimum Gasteiger partial charge on any atom is -0.282 e. The Morgan fingerprint density at radius 2 is 2.06 bits per heavy atom. The van der Waals surface area contributed by atoms with Gasteiger partial charge in [-0.15, -0.1) is 11.6 Å². The summed E-state index contributed by atoms with van der Waals surface area (Å²) in [5.74, 6) is 0.196. The first kappa shape index (κ1) is 14.6. The van der Waals surface area contributed by atoms with Crippen LogP contribution in [0.5, 0.6) is 0 Å². The van der Waals surface area contributed by atoms with Crippen molar-refractivity contribution in [3.8, 4) is 0 Å². The van der Waals surface area contributed by atoms with Gasteiger partial charge in [0.25, 0.3) is 0 Å². The van der Waals surface area contributed by atoms with Crippen molar-refractivity contribution >= 4 is 38.9 Å². The van der Waals surface area contributed by atoms with Gasteiger partial charge in [-0.05, 0) is 30.5 Å². The van der Waals surface area contributed by atoms with Crippen LogP contribution in [0.1, 0.15) is 12.5 Å². The molecule has 3 nitrogen and oxygen atoms in total. The van der Waals surface area contributed by atoms with Gasteiger partial charge in [0, 0.05) is 5.88 Å². The van der Waals surface area contributed by atoms with Crippen molar-refractivity contribution in [1.29, 1.82) is 0 Å². The molecule has 0 fully saturated rings. The average molecular weight is 296 g/mol. The van der Waals surface area contributed by atoms with Crippen molar-refractivity contribution in [2.24, 2.45) is 5.92 Å². The highest BCUT2D eigenvalue weighted by molar-refractivity contribution is 7.92. The highest BCUT2D eigenvalue weighted by Crippen LogP contribution is 2.24. The Kier molecular flexibility index (Phi) is 5.10. The monoisotopic (exact) mass is 295 g/mol. The van der Waals surface area contributed by atoms with Gasteiger partial charge >= 0.3 is 0 Å². The van der Waals surface area contributed by atoms with Gasteiger partial charge < -0.3 is 0 Å². The maximum absolute atomic E-state index is 11.8. The van der Waals surface area contributed by atoms with E-state index in [0.29, 0.717) is 16.6 Å². The molecule has 17 heavy (non-hydrogen) atoms. The van der Waals surface area contributed by atoms with Crippen molar-refractivity contribution < 1.29 is 8.42 Å². The van der Waals surface area contributed by atoms with Crippen LogP contribution in [0.4, 0.5) is 5.69 Å². The highest BCUT2D eigenvalue weighted by atomic mass is 35.5. The molecule has 0 bridgehead atoms. The summed E-state index contributed by atoms with van der Waals surface area (Å²) in [4.78, 5) is 0. The molecule has 0 spiro atoms. The van der Waals surface area contributed by atoms with Crippen LogP contribution >= 0.6 is 23.2 Å². The fraction of sp³-hybridized carbons (Fsp3) is 0.455. The fourth-order valence-corrected chi connectivity index (χ4v) is 3.26. The third-order valence-corrected chi connectivity index (χ3v) is 4.55. The third-order valence-electron chi connectivity index (χ3n) is 2.15. The first-order chi connectivity index (χ1) is 7.84. The van der Waals surface area contributed by atoms with Crippen LogP contribution in [0.2, 0.25) is 5.02 Å². The molecule has 0 aromatic heterocycles. The molecule has 1 unspecified atom stereocenters. The molecule has 96 valence electrons. The molecule has 0 aliphatic heterocycles. The maximum Gasteiger partial charge on any atom is 0.233 e. The van der Waals surface area contributed by atoms with Crippen LogP contribution in [-0.4, -0.2) is 20.1 Å². The Labute approximate surface area is 112 Å². The van der Waals surface area contributed by atoms with E-state index < -0.39 is 10.0 Å². The molecular weight excluding hydrogens is 281 g/mol. The van der Waals surface area contributed by atoms with E-state index in [9.17, 15) is 8.42 Å². The molecule has 0 amide bonds. The van der Waals surface area contributed by atoms with Crippen LogP contribution in [0.3, 0.4) is 0 Å².